The van der Waals surface area contributed by atoms with Crippen molar-refractivity contribution in [3.05, 3.63) is 59.8 Å². The molecule has 1 aliphatic rings. The summed E-state index contributed by atoms with van der Waals surface area (Å²) in [5.41, 5.74) is 3.53. The summed E-state index contributed by atoms with van der Waals surface area (Å²) in [7, 11) is 2.02. The monoisotopic (exact) mass is 381 g/mol. The van der Waals surface area contributed by atoms with E-state index in [0.29, 0.717) is 0 Å². The quantitative estimate of drug-likeness (QED) is 0.671. The molecule has 1 aliphatic heterocycles. The van der Waals surface area contributed by atoms with Gasteiger partial charge < -0.3 is 15.0 Å². The van der Waals surface area contributed by atoms with Crippen molar-refractivity contribution >= 4 is 5.82 Å². The number of aryl methyl sites for hydroxylation is 2. The number of ether oxygens (including phenoxy) is 1. The normalized spacial score (nSPS) is 15.7. The first-order chi connectivity index (χ1) is 13.7. The molecule has 0 radical (unpaired) electrons. The Balaban J connectivity index is 1.55. The molecule has 8 heteroatoms. The number of hydrogen-bond acceptors (Lipinski definition) is 6. The predicted molar refractivity (Wildman–Crippen MR) is 107 cm³/mol. The van der Waals surface area contributed by atoms with Gasteiger partial charge in [0.1, 0.15) is 18.5 Å². The summed E-state index contributed by atoms with van der Waals surface area (Å²) in [5.74, 6) is 1.18. The molecule has 1 aromatic carbocycles. The lowest BCUT2D eigenvalue weighted by atomic mass is 10.1. The van der Waals surface area contributed by atoms with Gasteiger partial charge in [0.05, 0.1) is 31.5 Å². The average molecular weight is 381 g/mol. The lowest BCUT2D eigenvalue weighted by Crippen LogP contribution is -2.38. The Morgan fingerprint density at radius 2 is 1.96 bits per heavy atom. The maximum absolute atomic E-state index is 5.52. The maximum Gasteiger partial charge on any atom is 0.137 e. The van der Waals surface area contributed by atoms with Crippen LogP contribution >= 0.6 is 0 Å². The van der Waals surface area contributed by atoms with Gasteiger partial charge in [-0.05, 0) is 12.5 Å². The minimum absolute atomic E-state index is 0.125. The van der Waals surface area contributed by atoms with Crippen molar-refractivity contribution in [2.45, 2.75) is 26.1 Å². The minimum Gasteiger partial charge on any atom is -0.378 e. The van der Waals surface area contributed by atoms with E-state index in [0.717, 1.165) is 45.1 Å². The zero-order chi connectivity index (χ0) is 19.3. The first kappa shape index (κ1) is 18.6. The van der Waals surface area contributed by atoms with Crippen molar-refractivity contribution < 1.29 is 4.74 Å². The van der Waals surface area contributed by atoms with Crippen molar-refractivity contribution in [2.24, 2.45) is 7.05 Å². The van der Waals surface area contributed by atoms with Gasteiger partial charge in [-0.3, -0.25) is 9.36 Å². The van der Waals surface area contributed by atoms with Crippen LogP contribution in [0.15, 0.2) is 43.0 Å². The summed E-state index contributed by atoms with van der Waals surface area (Å²) in [6, 6.07) is 10.6. The number of morpholine rings is 1. The van der Waals surface area contributed by atoms with Crippen LogP contribution in [0.3, 0.4) is 0 Å². The van der Waals surface area contributed by atoms with E-state index in [1.54, 1.807) is 12.7 Å². The van der Waals surface area contributed by atoms with Crippen LogP contribution in [0.2, 0.25) is 0 Å². The number of anilines is 1. The van der Waals surface area contributed by atoms with Crippen molar-refractivity contribution in [1.29, 1.82) is 0 Å². The second-order valence-corrected chi connectivity index (χ2v) is 7.07. The Bertz CT molecular complexity index is 870. The summed E-state index contributed by atoms with van der Waals surface area (Å²) in [4.78, 5) is 6.44. The van der Waals surface area contributed by atoms with Gasteiger partial charge in [-0.15, -0.1) is 0 Å². The van der Waals surface area contributed by atoms with Crippen LogP contribution in [0.4, 0.5) is 5.82 Å². The number of hydrogen-bond donors (Lipinski definition) is 1. The maximum atomic E-state index is 5.52. The summed E-state index contributed by atoms with van der Waals surface area (Å²) >= 11 is 0. The van der Waals surface area contributed by atoms with E-state index in [-0.39, 0.29) is 6.04 Å². The topological polar surface area (TPSA) is 73.0 Å². The fourth-order valence-electron chi connectivity index (χ4n) is 3.78. The van der Waals surface area contributed by atoms with Crippen LogP contribution in [0.5, 0.6) is 0 Å². The molecule has 0 aliphatic carbocycles. The summed E-state index contributed by atoms with van der Waals surface area (Å²) in [6.07, 6.45) is 3.33. The lowest BCUT2D eigenvalue weighted by Gasteiger charge is -2.30. The predicted octanol–water partition coefficient (Wildman–Crippen LogP) is 1.69. The van der Waals surface area contributed by atoms with E-state index in [2.05, 4.69) is 56.6 Å². The third-order valence-corrected chi connectivity index (χ3v) is 5.19. The summed E-state index contributed by atoms with van der Waals surface area (Å²) < 4.78 is 9.38. The second kappa shape index (κ2) is 8.53. The fraction of sp³-hybridized carbons (Fsp3) is 0.450. The van der Waals surface area contributed by atoms with E-state index in [4.69, 9.17) is 4.74 Å². The molecule has 28 heavy (non-hydrogen) atoms. The Morgan fingerprint density at radius 1 is 1.18 bits per heavy atom. The van der Waals surface area contributed by atoms with E-state index in [9.17, 15) is 0 Å². The molecule has 0 spiro atoms. The number of aromatic nitrogens is 5. The highest BCUT2D eigenvalue weighted by atomic mass is 16.5. The smallest absolute Gasteiger partial charge is 0.137 e. The first-order valence-electron chi connectivity index (χ1n) is 9.68. The van der Waals surface area contributed by atoms with Gasteiger partial charge >= 0.3 is 0 Å². The number of rotatable bonds is 7. The lowest BCUT2D eigenvalue weighted by molar-refractivity contribution is 0.122. The van der Waals surface area contributed by atoms with Gasteiger partial charge in [-0.1, -0.05) is 30.3 Å². The third kappa shape index (κ3) is 4.07. The molecule has 148 valence electrons. The van der Waals surface area contributed by atoms with Crippen LogP contribution in [-0.2, 0) is 24.9 Å². The Kier molecular flexibility index (Phi) is 5.68. The van der Waals surface area contributed by atoms with Gasteiger partial charge in [-0.2, -0.15) is 10.2 Å². The van der Waals surface area contributed by atoms with E-state index in [1.165, 1.54) is 16.9 Å². The summed E-state index contributed by atoms with van der Waals surface area (Å²) in [5, 5.41) is 12.7. The van der Waals surface area contributed by atoms with Gasteiger partial charge in [0.25, 0.3) is 0 Å². The molecular formula is C20H27N7O. The summed E-state index contributed by atoms with van der Waals surface area (Å²) in [6.45, 7) is 6.85. The minimum atomic E-state index is 0.125. The highest BCUT2D eigenvalue weighted by Gasteiger charge is 2.22. The van der Waals surface area contributed by atoms with Crippen LogP contribution < -0.4 is 10.2 Å². The molecule has 1 saturated heterocycles. The molecule has 1 fully saturated rings. The number of benzene rings is 1. The van der Waals surface area contributed by atoms with Crippen LogP contribution in [0.25, 0.3) is 0 Å². The van der Waals surface area contributed by atoms with Crippen molar-refractivity contribution in [2.75, 3.05) is 31.2 Å². The zero-order valence-corrected chi connectivity index (χ0v) is 16.5. The second-order valence-electron chi connectivity index (χ2n) is 7.07. The molecule has 3 heterocycles. The number of nitrogens with zero attached hydrogens (tertiary/aromatic N) is 6. The third-order valence-electron chi connectivity index (χ3n) is 5.19. The Labute approximate surface area is 165 Å². The Morgan fingerprint density at radius 3 is 2.68 bits per heavy atom. The fourth-order valence-corrected chi connectivity index (χ4v) is 3.78. The van der Waals surface area contributed by atoms with Crippen LogP contribution in [0.1, 0.15) is 22.9 Å². The largest absolute Gasteiger partial charge is 0.378 e. The average Bonchev–Trinajstić information content (AvgIpc) is 3.33. The molecule has 1 unspecified atom stereocenters. The SMILES string of the molecule is Cc1nn(C)c(N2CCOCC2)c1CNC(Cn1cncn1)c1ccccc1. The van der Waals surface area contributed by atoms with Gasteiger partial charge in [0.2, 0.25) is 0 Å². The Hall–Kier alpha value is -2.71. The molecule has 0 amide bonds. The molecule has 0 saturated carbocycles. The zero-order valence-electron chi connectivity index (χ0n) is 16.5. The number of nitrogens with one attached hydrogen (secondary N) is 1. The van der Waals surface area contributed by atoms with E-state index in [1.807, 2.05) is 22.5 Å². The molecule has 4 rings (SSSR count). The molecule has 1 atom stereocenters. The van der Waals surface area contributed by atoms with Crippen LogP contribution in [0, 0.1) is 6.92 Å². The molecule has 3 aromatic rings. The van der Waals surface area contributed by atoms with Gasteiger partial charge in [-0.25, -0.2) is 4.98 Å². The molecule has 2 aromatic heterocycles. The highest BCUT2D eigenvalue weighted by molar-refractivity contribution is 5.50. The van der Waals surface area contributed by atoms with Crippen molar-refractivity contribution in [1.82, 2.24) is 29.9 Å². The van der Waals surface area contributed by atoms with Crippen molar-refractivity contribution in [3.8, 4) is 0 Å². The highest BCUT2D eigenvalue weighted by Crippen LogP contribution is 2.25. The van der Waals surface area contributed by atoms with Gasteiger partial charge in [0.15, 0.2) is 0 Å². The molecular weight excluding hydrogens is 354 g/mol. The van der Waals surface area contributed by atoms with Crippen molar-refractivity contribution in [3.63, 3.8) is 0 Å². The standard InChI is InChI=1S/C20H27N7O/c1-16-18(20(25(2)24-16)26-8-10-28-11-9-26)12-22-19(13-27-15-21-14-23-27)17-6-4-3-5-7-17/h3-7,14-15,19,22H,8-13H2,1-2H3. The molecule has 1 N–H and O–H groups in total. The van der Waals surface area contributed by atoms with E-state index >= 15 is 0 Å². The molecule has 0 bridgehead atoms. The van der Waals surface area contributed by atoms with E-state index < -0.39 is 0 Å². The molecule has 8 nitrogen and oxygen atoms in total. The van der Waals surface area contributed by atoms with Crippen LogP contribution in [-0.4, -0.2) is 50.8 Å². The van der Waals surface area contributed by atoms with Gasteiger partial charge in [0, 0.05) is 32.2 Å². The first-order valence-corrected chi connectivity index (χ1v) is 9.68.